The molecule has 0 amide bonds. The second-order valence-corrected chi connectivity index (χ2v) is 6.69. The van der Waals surface area contributed by atoms with E-state index in [9.17, 15) is 4.39 Å². The lowest BCUT2D eigenvalue weighted by atomic mass is 9.67. The summed E-state index contributed by atoms with van der Waals surface area (Å²) in [4.78, 5) is 0. The van der Waals surface area contributed by atoms with Crippen molar-refractivity contribution >= 4 is 15.9 Å². The SMILES string of the molecule is CC1CCCC(CN)(Cc2ccc(F)c(Br)c2)C1. The molecule has 1 nitrogen and oxygen atoms in total. The first-order chi connectivity index (χ1) is 8.54. The molecule has 1 aromatic rings. The smallest absolute Gasteiger partial charge is 0.137 e. The molecule has 1 saturated carbocycles. The van der Waals surface area contributed by atoms with Crippen LogP contribution in [-0.4, -0.2) is 6.54 Å². The Hall–Kier alpha value is -0.410. The number of halogens is 2. The highest BCUT2D eigenvalue weighted by Gasteiger charge is 2.33. The lowest BCUT2D eigenvalue weighted by Crippen LogP contribution is -2.37. The summed E-state index contributed by atoms with van der Waals surface area (Å²) in [6.45, 7) is 3.04. The van der Waals surface area contributed by atoms with Crippen LogP contribution in [0.15, 0.2) is 22.7 Å². The first kappa shape index (κ1) is 14.0. The maximum atomic E-state index is 13.2. The van der Waals surface area contributed by atoms with Gasteiger partial charge in [-0.25, -0.2) is 4.39 Å². The second kappa shape index (κ2) is 5.70. The molecular formula is C15H21BrFN. The Morgan fingerprint density at radius 1 is 1.50 bits per heavy atom. The molecule has 0 heterocycles. The van der Waals surface area contributed by atoms with Gasteiger partial charge in [0.1, 0.15) is 5.82 Å². The third-order valence-corrected chi connectivity index (χ3v) is 4.79. The molecule has 2 atom stereocenters. The van der Waals surface area contributed by atoms with E-state index in [4.69, 9.17) is 5.73 Å². The molecule has 0 bridgehead atoms. The fourth-order valence-corrected chi connectivity index (χ4v) is 3.70. The van der Waals surface area contributed by atoms with Gasteiger partial charge >= 0.3 is 0 Å². The summed E-state index contributed by atoms with van der Waals surface area (Å²) in [7, 11) is 0. The third-order valence-electron chi connectivity index (χ3n) is 4.18. The zero-order chi connectivity index (χ0) is 13.2. The monoisotopic (exact) mass is 313 g/mol. The van der Waals surface area contributed by atoms with Crippen molar-refractivity contribution in [3.8, 4) is 0 Å². The Morgan fingerprint density at radius 2 is 2.28 bits per heavy atom. The van der Waals surface area contributed by atoms with Crippen LogP contribution in [0.5, 0.6) is 0 Å². The van der Waals surface area contributed by atoms with Crippen LogP contribution >= 0.6 is 15.9 Å². The molecule has 18 heavy (non-hydrogen) atoms. The fourth-order valence-electron chi connectivity index (χ4n) is 3.27. The largest absolute Gasteiger partial charge is 0.330 e. The summed E-state index contributed by atoms with van der Waals surface area (Å²) in [6, 6.07) is 5.32. The molecule has 0 saturated heterocycles. The van der Waals surface area contributed by atoms with Crippen LogP contribution in [0.25, 0.3) is 0 Å². The number of benzene rings is 1. The molecule has 1 aromatic carbocycles. The van der Waals surface area contributed by atoms with Crippen molar-refractivity contribution in [3.63, 3.8) is 0 Å². The van der Waals surface area contributed by atoms with Crippen molar-refractivity contribution in [2.45, 2.75) is 39.0 Å². The van der Waals surface area contributed by atoms with E-state index in [1.165, 1.54) is 37.3 Å². The van der Waals surface area contributed by atoms with Crippen LogP contribution in [-0.2, 0) is 6.42 Å². The number of rotatable bonds is 3. The summed E-state index contributed by atoms with van der Waals surface area (Å²) in [5.41, 5.74) is 7.43. The van der Waals surface area contributed by atoms with Crippen LogP contribution < -0.4 is 5.73 Å². The maximum absolute atomic E-state index is 13.2. The van der Waals surface area contributed by atoms with E-state index in [1.807, 2.05) is 12.1 Å². The standard InChI is InChI=1S/C15H21BrFN/c1-11-3-2-6-15(8-11,10-18)9-12-4-5-14(17)13(16)7-12/h4-5,7,11H,2-3,6,8-10,18H2,1H3. The topological polar surface area (TPSA) is 26.0 Å². The quantitative estimate of drug-likeness (QED) is 0.885. The molecule has 100 valence electrons. The van der Waals surface area contributed by atoms with Crippen LogP contribution in [0.2, 0.25) is 0 Å². The lowest BCUT2D eigenvalue weighted by Gasteiger charge is -2.39. The van der Waals surface area contributed by atoms with E-state index >= 15 is 0 Å². The number of nitrogens with two attached hydrogens (primary N) is 1. The van der Waals surface area contributed by atoms with Crippen molar-refractivity contribution in [1.82, 2.24) is 0 Å². The van der Waals surface area contributed by atoms with Gasteiger partial charge in [-0.2, -0.15) is 0 Å². The number of hydrogen-bond acceptors (Lipinski definition) is 1. The molecule has 0 radical (unpaired) electrons. The van der Waals surface area contributed by atoms with Crippen molar-refractivity contribution in [3.05, 3.63) is 34.1 Å². The molecule has 2 rings (SSSR count). The Morgan fingerprint density at radius 3 is 2.89 bits per heavy atom. The van der Waals surface area contributed by atoms with E-state index in [0.717, 1.165) is 18.9 Å². The minimum Gasteiger partial charge on any atom is -0.330 e. The third kappa shape index (κ3) is 3.12. The maximum Gasteiger partial charge on any atom is 0.137 e. The highest BCUT2D eigenvalue weighted by atomic mass is 79.9. The van der Waals surface area contributed by atoms with E-state index < -0.39 is 0 Å². The van der Waals surface area contributed by atoms with E-state index in [-0.39, 0.29) is 11.2 Å². The highest BCUT2D eigenvalue weighted by Crippen LogP contribution is 2.41. The van der Waals surface area contributed by atoms with Crippen molar-refractivity contribution < 1.29 is 4.39 Å². The van der Waals surface area contributed by atoms with Gasteiger partial charge in [0.15, 0.2) is 0 Å². The first-order valence-electron chi connectivity index (χ1n) is 6.69. The minimum absolute atomic E-state index is 0.197. The van der Waals surface area contributed by atoms with Gasteiger partial charge in [-0.3, -0.25) is 0 Å². The zero-order valence-corrected chi connectivity index (χ0v) is 12.5. The molecule has 1 aliphatic carbocycles. The second-order valence-electron chi connectivity index (χ2n) is 5.83. The summed E-state index contributed by atoms with van der Waals surface area (Å²) < 4.78 is 13.8. The predicted molar refractivity (Wildman–Crippen MR) is 76.9 cm³/mol. The fraction of sp³-hybridized carbons (Fsp3) is 0.600. The van der Waals surface area contributed by atoms with Gasteiger partial charge in [-0.1, -0.05) is 25.8 Å². The molecule has 1 aliphatic rings. The molecular weight excluding hydrogens is 293 g/mol. The van der Waals surface area contributed by atoms with E-state index in [0.29, 0.717) is 4.47 Å². The molecule has 2 N–H and O–H groups in total. The molecule has 1 fully saturated rings. The minimum atomic E-state index is -0.197. The van der Waals surface area contributed by atoms with Crippen molar-refractivity contribution in [2.75, 3.05) is 6.54 Å². The van der Waals surface area contributed by atoms with Gasteiger partial charge in [0.05, 0.1) is 4.47 Å². The molecule has 0 spiro atoms. The zero-order valence-electron chi connectivity index (χ0n) is 10.9. The Balaban J connectivity index is 2.16. The summed E-state index contributed by atoms with van der Waals surface area (Å²) in [5.74, 6) is 0.559. The Labute approximate surface area is 117 Å². The first-order valence-corrected chi connectivity index (χ1v) is 7.48. The molecule has 0 aromatic heterocycles. The average Bonchev–Trinajstić information content (AvgIpc) is 2.34. The van der Waals surface area contributed by atoms with Crippen LogP contribution in [0, 0.1) is 17.2 Å². The number of hydrogen-bond donors (Lipinski definition) is 1. The van der Waals surface area contributed by atoms with Crippen molar-refractivity contribution in [2.24, 2.45) is 17.1 Å². The summed E-state index contributed by atoms with van der Waals surface area (Å²) in [5, 5.41) is 0. The Bertz CT molecular complexity index is 421. The van der Waals surface area contributed by atoms with Gasteiger partial charge in [-0.05, 0) is 70.8 Å². The van der Waals surface area contributed by atoms with Gasteiger partial charge in [0.2, 0.25) is 0 Å². The Kier molecular flexibility index (Phi) is 4.44. The molecule has 0 aliphatic heterocycles. The van der Waals surface area contributed by atoms with E-state index in [2.05, 4.69) is 22.9 Å². The molecule has 3 heteroatoms. The average molecular weight is 314 g/mol. The highest BCUT2D eigenvalue weighted by molar-refractivity contribution is 9.10. The van der Waals surface area contributed by atoms with E-state index in [1.54, 1.807) is 0 Å². The van der Waals surface area contributed by atoms with Crippen LogP contribution in [0.4, 0.5) is 4.39 Å². The van der Waals surface area contributed by atoms with Crippen LogP contribution in [0.1, 0.15) is 38.2 Å². The van der Waals surface area contributed by atoms with Crippen molar-refractivity contribution in [1.29, 1.82) is 0 Å². The van der Waals surface area contributed by atoms with Crippen LogP contribution in [0.3, 0.4) is 0 Å². The predicted octanol–water partition coefficient (Wildman–Crippen LogP) is 4.29. The van der Waals surface area contributed by atoms with Gasteiger partial charge in [0, 0.05) is 0 Å². The van der Waals surface area contributed by atoms with Gasteiger partial charge in [0.25, 0.3) is 0 Å². The molecule has 2 unspecified atom stereocenters. The van der Waals surface area contributed by atoms with Gasteiger partial charge in [-0.15, -0.1) is 0 Å². The lowest BCUT2D eigenvalue weighted by molar-refractivity contribution is 0.154. The van der Waals surface area contributed by atoms with Gasteiger partial charge < -0.3 is 5.73 Å². The summed E-state index contributed by atoms with van der Waals surface area (Å²) in [6.07, 6.45) is 5.93. The summed E-state index contributed by atoms with van der Waals surface area (Å²) >= 11 is 3.26. The normalized spacial score (nSPS) is 28.3.